The summed E-state index contributed by atoms with van der Waals surface area (Å²) in [6, 6.07) is 7.49. The lowest BCUT2D eigenvalue weighted by Gasteiger charge is -2.21. The first-order chi connectivity index (χ1) is 23.3. The van der Waals surface area contributed by atoms with Crippen LogP contribution >= 0.6 is 0 Å². The van der Waals surface area contributed by atoms with Crippen LogP contribution in [0.15, 0.2) is 36.4 Å². The van der Waals surface area contributed by atoms with Crippen LogP contribution < -0.4 is 49.9 Å². The van der Waals surface area contributed by atoms with Crippen molar-refractivity contribution in [2.24, 2.45) is 28.7 Å². The molecular weight excluding hydrogens is 630 g/mol. The molecule has 0 aliphatic carbocycles. The van der Waals surface area contributed by atoms with Crippen molar-refractivity contribution in [3.63, 3.8) is 0 Å². The third-order valence-electron chi connectivity index (χ3n) is 8.00. The van der Waals surface area contributed by atoms with Crippen molar-refractivity contribution in [2.75, 3.05) is 32.7 Å². The second kappa shape index (κ2) is 21.6. The van der Waals surface area contributed by atoms with E-state index >= 15 is 0 Å². The topological polar surface area (TPSA) is 287 Å². The van der Waals surface area contributed by atoms with Crippen molar-refractivity contribution in [1.82, 2.24) is 21.3 Å². The van der Waals surface area contributed by atoms with Crippen LogP contribution in [0.25, 0.3) is 11.1 Å². The highest BCUT2D eigenvalue weighted by Crippen LogP contribution is 2.29. The largest absolute Gasteiger partial charge is 0.508 e. The molecule has 0 aromatic heterocycles. The zero-order valence-corrected chi connectivity index (χ0v) is 28.4. The summed E-state index contributed by atoms with van der Waals surface area (Å²) in [6.07, 6.45) is 3.36. The maximum atomic E-state index is 13.0. The highest BCUT2D eigenvalue weighted by atomic mass is 16.3. The van der Waals surface area contributed by atoms with Crippen LogP contribution in [0.3, 0.4) is 0 Å². The minimum atomic E-state index is -1.09. The highest BCUT2D eigenvalue weighted by molar-refractivity contribution is 5.92. The number of rotatable bonds is 22. The Morgan fingerprint density at radius 1 is 0.735 bits per heavy atom. The van der Waals surface area contributed by atoms with Gasteiger partial charge in [0.15, 0.2) is 0 Å². The second-order valence-electron chi connectivity index (χ2n) is 12.3. The number of hydrogen-bond donors (Lipinski definition) is 11. The Kier molecular flexibility index (Phi) is 18.1. The van der Waals surface area contributed by atoms with E-state index in [9.17, 15) is 29.4 Å². The molecule has 0 fully saturated rings. The zero-order chi connectivity index (χ0) is 36.3. The van der Waals surface area contributed by atoms with Crippen molar-refractivity contribution in [1.29, 1.82) is 0 Å². The Hall–Kier alpha value is -4.28. The number of carbonyl (C=O) groups excluding carboxylic acids is 4. The lowest BCUT2D eigenvalue weighted by molar-refractivity contribution is -0.131. The summed E-state index contributed by atoms with van der Waals surface area (Å²) >= 11 is 0. The fourth-order valence-corrected chi connectivity index (χ4v) is 5.05. The molecule has 4 amide bonds. The summed E-state index contributed by atoms with van der Waals surface area (Å²) in [7, 11) is 0. The normalized spacial score (nSPS) is 13.5. The Morgan fingerprint density at radius 3 is 2.04 bits per heavy atom. The number of carbonyl (C=O) groups is 4. The van der Waals surface area contributed by atoms with Crippen LogP contribution in [0, 0.1) is 6.92 Å². The molecule has 2 aromatic carbocycles. The van der Waals surface area contributed by atoms with Crippen molar-refractivity contribution >= 4 is 23.6 Å². The molecule has 0 aliphatic heterocycles. The lowest BCUT2D eigenvalue weighted by Crippen LogP contribution is -2.53. The summed E-state index contributed by atoms with van der Waals surface area (Å²) in [6.45, 7) is 2.97. The predicted octanol–water partition coefficient (Wildman–Crippen LogP) is -0.921. The van der Waals surface area contributed by atoms with Crippen LogP contribution in [0.5, 0.6) is 11.5 Å². The van der Waals surface area contributed by atoms with Crippen molar-refractivity contribution in [3.05, 3.63) is 47.5 Å². The molecule has 0 heterocycles. The molecule has 0 aliphatic rings. The van der Waals surface area contributed by atoms with Crippen molar-refractivity contribution in [2.45, 2.75) is 82.5 Å². The summed E-state index contributed by atoms with van der Waals surface area (Å²) in [5, 5.41) is 30.9. The molecular formula is C34H55N9O6. The molecule has 15 heteroatoms. The van der Waals surface area contributed by atoms with Gasteiger partial charge in [0.05, 0.1) is 12.6 Å². The van der Waals surface area contributed by atoms with E-state index in [1.807, 2.05) is 6.07 Å². The maximum absolute atomic E-state index is 13.0. The second-order valence-corrected chi connectivity index (χ2v) is 12.3. The van der Waals surface area contributed by atoms with Gasteiger partial charge in [-0.1, -0.05) is 12.1 Å². The Bertz CT molecular complexity index is 1380. The van der Waals surface area contributed by atoms with E-state index in [4.69, 9.17) is 28.7 Å². The first-order valence-corrected chi connectivity index (χ1v) is 16.7. The fourth-order valence-electron chi connectivity index (χ4n) is 5.05. The zero-order valence-electron chi connectivity index (χ0n) is 28.4. The molecule has 272 valence electrons. The average molecular weight is 686 g/mol. The SMILES string of the molecule is Cc1cc(-c2ccc(O)c(C[C@H](N)C(=O)N[C@@H](CCCN)C(=O)NCC(=O)NCCC[C@H](N)CC(=O)NC[C@@H](N)CCCN)c2)ccc1O. The first-order valence-electron chi connectivity index (χ1n) is 16.7. The highest BCUT2D eigenvalue weighted by Gasteiger charge is 2.25. The number of aromatic hydroxyl groups is 2. The van der Waals surface area contributed by atoms with Gasteiger partial charge in [0.25, 0.3) is 0 Å². The smallest absolute Gasteiger partial charge is 0.243 e. The van der Waals surface area contributed by atoms with Gasteiger partial charge < -0.3 is 60.1 Å². The Balaban J connectivity index is 1.80. The summed E-state index contributed by atoms with van der Waals surface area (Å²) in [4.78, 5) is 50.4. The molecule has 0 bridgehead atoms. The minimum Gasteiger partial charge on any atom is -0.508 e. The number of phenols is 2. The number of amides is 4. The Labute approximate surface area is 288 Å². The van der Waals surface area contributed by atoms with Gasteiger partial charge in [0, 0.05) is 38.0 Å². The molecule has 0 radical (unpaired) electrons. The Morgan fingerprint density at radius 2 is 1.37 bits per heavy atom. The lowest BCUT2D eigenvalue weighted by atomic mass is 9.97. The third kappa shape index (κ3) is 15.2. The van der Waals surface area contributed by atoms with Gasteiger partial charge in [-0.15, -0.1) is 0 Å². The van der Waals surface area contributed by atoms with Crippen LogP contribution in [0.1, 0.15) is 56.1 Å². The first kappa shape index (κ1) is 40.9. The van der Waals surface area contributed by atoms with Crippen LogP contribution in [0.2, 0.25) is 0 Å². The molecule has 4 atom stereocenters. The number of aryl methyl sites for hydroxylation is 1. The van der Waals surface area contributed by atoms with Gasteiger partial charge in [-0.05, 0) is 105 Å². The quantitative estimate of drug-likeness (QED) is 0.0674. The molecule has 49 heavy (non-hydrogen) atoms. The molecule has 0 saturated heterocycles. The van der Waals surface area contributed by atoms with Gasteiger partial charge >= 0.3 is 0 Å². The summed E-state index contributed by atoms with van der Waals surface area (Å²) in [5.74, 6) is -1.65. The molecule has 16 N–H and O–H groups in total. The number of benzene rings is 2. The summed E-state index contributed by atoms with van der Waals surface area (Å²) < 4.78 is 0. The number of phenolic OH excluding ortho intramolecular Hbond substituents is 2. The van der Waals surface area contributed by atoms with Gasteiger partial charge in [0.2, 0.25) is 23.6 Å². The average Bonchev–Trinajstić information content (AvgIpc) is 3.07. The fraction of sp³-hybridized carbons (Fsp3) is 0.529. The van der Waals surface area contributed by atoms with E-state index in [0.29, 0.717) is 50.0 Å². The van der Waals surface area contributed by atoms with Gasteiger partial charge in [-0.25, -0.2) is 0 Å². The molecule has 0 spiro atoms. The number of nitrogens with two attached hydrogens (primary N) is 5. The van der Waals surface area contributed by atoms with E-state index in [1.54, 1.807) is 31.2 Å². The summed E-state index contributed by atoms with van der Waals surface area (Å²) in [5.41, 5.74) is 32.0. The van der Waals surface area contributed by atoms with Crippen LogP contribution in [-0.4, -0.2) is 90.7 Å². The van der Waals surface area contributed by atoms with E-state index < -0.39 is 29.8 Å². The van der Waals surface area contributed by atoms with Crippen molar-refractivity contribution in [3.8, 4) is 22.6 Å². The monoisotopic (exact) mass is 685 g/mol. The molecule has 15 nitrogen and oxygen atoms in total. The van der Waals surface area contributed by atoms with Gasteiger partial charge in [0.1, 0.15) is 17.5 Å². The number of nitrogens with one attached hydrogen (secondary N) is 4. The third-order valence-corrected chi connectivity index (χ3v) is 8.00. The van der Waals surface area contributed by atoms with Crippen LogP contribution in [0.4, 0.5) is 0 Å². The van der Waals surface area contributed by atoms with E-state index in [-0.39, 0.29) is 61.8 Å². The van der Waals surface area contributed by atoms with Crippen molar-refractivity contribution < 1.29 is 29.4 Å². The molecule has 0 unspecified atom stereocenters. The maximum Gasteiger partial charge on any atom is 0.243 e. The predicted molar refractivity (Wildman–Crippen MR) is 189 cm³/mol. The standard InChI is InChI=1S/C34H55N9O6/c1-21-15-22(8-10-29(21)44)23-9-11-30(45)24(16-23)17-27(39)33(48)43-28(7-3-13-36)34(49)42-20-32(47)40-14-4-6-25(37)18-31(46)41-19-26(38)5-2-12-35/h8-11,15-16,25-28,44-45H,2-7,12-14,17-20,35-39H2,1H3,(H,40,47)(H,41,46)(H,42,49)(H,43,48)/t25-,26-,27-,28-/m0/s1. The van der Waals surface area contributed by atoms with Gasteiger partial charge in [-0.2, -0.15) is 0 Å². The molecule has 2 rings (SSSR count). The van der Waals surface area contributed by atoms with Crippen LogP contribution in [-0.2, 0) is 25.6 Å². The number of hydrogen-bond acceptors (Lipinski definition) is 11. The molecule has 0 saturated carbocycles. The van der Waals surface area contributed by atoms with E-state index in [2.05, 4.69) is 21.3 Å². The molecule has 2 aromatic rings. The minimum absolute atomic E-state index is 0.00601. The van der Waals surface area contributed by atoms with E-state index in [1.165, 1.54) is 6.07 Å². The van der Waals surface area contributed by atoms with E-state index in [0.717, 1.165) is 24.0 Å². The van der Waals surface area contributed by atoms with Gasteiger partial charge in [-0.3, -0.25) is 19.2 Å².